The van der Waals surface area contributed by atoms with E-state index >= 15 is 0 Å². The maximum atomic E-state index is 12.9. The Morgan fingerprint density at radius 3 is 2.34 bits per heavy atom. The number of hydrogen-bond donors (Lipinski definition) is 1. The first-order valence-electron chi connectivity index (χ1n) is 11.1. The molecule has 2 fully saturated rings. The van der Waals surface area contributed by atoms with E-state index < -0.39 is 15.9 Å². The summed E-state index contributed by atoms with van der Waals surface area (Å²) < 4.78 is 27.4. The molecule has 32 heavy (non-hydrogen) atoms. The van der Waals surface area contributed by atoms with Crippen LogP contribution in [0.4, 0.5) is 5.69 Å². The zero-order valence-corrected chi connectivity index (χ0v) is 19.1. The molecular weight excluding hydrogens is 426 g/mol. The summed E-state index contributed by atoms with van der Waals surface area (Å²) in [6.07, 6.45) is 1.88. The van der Waals surface area contributed by atoms with Crippen LogP contribution in [0.15, 0.2) is 59.5 Å². The maximum absolute atomic E-state index is 12.9. The molecule has 0 spiro atoms. The van der Waals surface area contributed by atoms with Gasteiger partial charge in [-0.15, -0.1) is 0 Å². The third kappa shape index (κ3) is 4.86. The van der Waals surface area contributed by atoms with Gasteiger partial charge in [0.2, 0.25) is 21.8 Å². The molecule has 2 aromatic carbocycles. The second-order valence-corrected chi connectivity index (χ2v) is 10.6. The van der Waals surface area contributed by atoms with Gasteiger partial charge >= 0.3 is 0 Å². The molecule has 7 nitrogen and oxygen atoms in total. The topological polar surface area (TPSA) is 86.8 Å². The molecule has 2 heterocycles. The van der Waals surface area contributed by atoms with E-state index in [2.05, 4.69) is 12.2 Å². The average Bonchev–Trinajstić information content (AvgIpc) is 3.20. The van der Waals surface area contributed by atoms with Crippen LogP contribution in [0, 0.1) is 11.8 Å². The highest BCUT2D eigenvalue weighted by Crippen LogP contribution is 2.28. The molecule has 0 aliphatic carbocycles. The Hall–Kier alpha value is -2.71. The number of nitrogens with one attached hydrogen (secondary N) is 1. The normalized spacial score (nSPS) is 20.5. The van der Waals surface area contributed by atoms with Gasteiger partial charge in [0.15, 0.2) is 0 Å². The Morgan fingerprint density at radius 1 is 1.03 bits per heavy atom. The lowest BCUT2D eigenvalue weighted by molar-refractivity contribution is -0.126. The van der Waals surface area contributed by atoms with E-state index in [-0.39, 0.29) is 29.7 Å². The molecule has 1 atom stereocenters. The number of piperidine rings is 1. The number of carbonyl (C=O) groups is 2. The first-order valence-corrected chi connectivity index (χ1v) is 12.5. The number of hydrogen-bond acceptors (Lipinski definition) is 4. The van der Waals surface area contributed by atoms with Gasteiger partial charge in [-0.3, -0.25) is 9.59 Å². The minimum Gasteiger partial charge on any atom is -0.352 e. The molecule has 1 N–H and O–H groups in total. The molecule has 2 amide bonds. The number of sulfonamides is 1. The van der Waals surface area contributed by atoms with Crippen LogP contribution in [-0.4, -0.2) is 44.2 Å². The van der Waals surface area contributed by atoms with Gasteiger partial charge in [-0.05, 0) is 48.6 Å². The molecule has 2 aliphatic rings. The number of rotatable bonds is 6. The standard InChI is InChI=1S/C24H29N3O4S/c1-18-11-13-26(14-12-18)32(30,31)22-9-7-21(8-10-22)27-17-20(15-23(27)28)24(29)25-16-19-5-3-2-4-6-19/h2-10,18,20H,11-17H2,1H3,(H,25,29)/t20-/m0/s1. The second-order valence-electron chi connectivity index (χ2n) is 8.69. The van der Waals surface area contributed by atoms with Gasteiger partial charge in [0.1, 0.15) is 0 Å². The van der Waals surface area contributed by atoms with Crippen LogP contribution in [0.25, 0.3) is 0 Å². The van der Waals surface area contributed by atoms with Crippen molar-refractivity contribution < 1.29 is 18.0 Å². The van der Waals surface area contributed by atoms with Crippen molar-refractivity contribution in [3.8, 4) is 0 Å². The number of benzene rings is 2. The minimum absolute atomic E-state index is 0.134. The SMILES string of the molecule is CC1CCN(S(=O)(=O)c2ccc(N3C[C@@H](C(=O)NCc4ccccc4)CC3=O)cc2)CC1. The number of amides is 2. The van der Waals surface area contributed by atoms with E-state index in [0.29, 0.717) is 31.2 Å². The van der Waals surface area contributed by atoms with Crippen molar-refractivity contribution in [1.82, 2.24) is 9.62 Å². The molecular formula is C24H29N3O4S. The monoisotopic (exact) mass is 455 g/mol. The number of nitrogens with zero attached hydrogens (tertiary/aromatic N) is 2. The summed E-state index contributed by atoms with van der Waals surface area (Å²) in [5.41, 5.74) is 1.61. The number of carbonyl (C=O) groups excluding carboxylic acids is 2. The maximum Gasteiger partial charge on any atom is 0.243 e. The Kier molecular flexibility index (Phi) is 6.62. The fourth-order valence-electron chi connectivity index (χ4n) is 4.23. The van der Waals surface area contributed by atoms with E-state index in [4.69, 9.17) is 0 Å². The summed E-state index contributed by atoms with van der Waals surface area (Å²) in [5.74, 6) is -0.165. The second kappa shape index (κ2) is 9.42. The van der Waals surface area contributed by atoms with E-state index in [1.165, 1.54) is 4.31 Å². The van der Waals surface area contributed by atoms with Crippen molar-refractivity contribution in [3.63, 3.8) is 0 Å². The van der Waals surface area contributed by atoms with Crippen LogP contribution in [0.2, 0.25) is 0 Å². The average molecular weight is 456 g/mol. The summed E-state index contributed by atoms with van der Waals surface area (Å²) in [6.45, 7) is 3.92. The van der Waals surface area contributed by atoms with E-state index in [9.17, 15) is 18.0 Å². The molecule has 0 radical (unpaired) electrons. The van der Waals surface area contributed by atoms with Gasteiger partial charge in [0, 0.05) is 38.3 Å². The Balaban J connectivity index is 1.38. The lowest BCUT2D eigenvalue weighted by Crippen LogP contribution is -2.37. The Bertz CT molecular complexity index is 1060. The molecule has 170 valence electrons. The van der Waals surface area contributed by atoms with E-state index in [1.807, 2.05) is 30.3 Å². The summed E-state index contributed by atoms with van der Waals surface area (Å²) in [5, 5.41) is 2.90. The molecule has 2 aromatic rings. The lowest BCUT2D eigenvalue weighted by atomic mass is 10.0. The van der Waals surface area contributed by atoms with Crippen molar-refractivity contribution in [2.75, 3.05) is 24.5 Å². The fourth-order valence-corrected chi connectivity index (χ4v) is 5.70. The Labute approximate surface area is 189 Å². The first-order chi connectivity index (χ1) is 15.3. The summed E-state index contributed by atoms with van der Waals surface area (Å²) >= 11 is 0. The van der Waals surface area contributed by atoms with Gasteiger partial charge in [0.25, 0.3) is 0 Å². The van der Waals surface area contributed by atoms with E-state index in [0.717, 1.165) is 18.4 Å². The van der Waals surface area contributed by atoms with Gasteiger partial charge in [-0.1, -0.05) is 37.3 Å². The van der Waals surface area contributed by atoms with Crippen LogP contribution in [0.3, 0.4) is 0 Å². The molecule has 4 rings (SSSR count). The van der Waals surface area contributed by atoms with Crippen LogP contribution >= 0.6 is 0 Å². The highest BCUT2D eigenvalue weighted by atomic mass is 32.2. The molecule has 0 aromatic heterocycles. The zero-order chi connectivity index (χ0) is 22.7. The molecule has 8 heteroatoms. The largest absolute Gasteiger partial charge is 0.352 e. The van der Waals surface area contributed by atoms with Crippen molar-refractivity contribution in [1.29, 1.82) is 0 Å². The van der Waals surface area contributed by atoms with Crippen LogP contribution in [0.5, 0.6) is 0 Å². The predicted molar refractivity (Wildman–Crippen MR) is 122 cm³/mol. The van der Waals surface area contributed by atoms with E-state index in [1.54, 1.807) is 29.2 Å². The summed E-state index contributed by atoms with van der Waals surface area (Å²) in [4.78, 5) is 26.9. The zero-order valence-electron chi connectivity index (χ0n) is 18.2. The van der Waals surface area contributed by atoms with Crippen LogP contribution in [0.1, 0.15) is 31.7 Å². The van der Waals surface area contributed by atoms with Crippen molar-refractivity contribution in [3.05, 3.63) is 60.2 Å². The van der Waals surface area contributed by atoms with Gasteiger partial charge < -0.3 is 10.2 Å². The van der Waals surface area contributed by atoms with Gasteiger partial charge in [-0.2, -0.15) is 4.31 Å². The lowest BCUT2D eigenvalue weighted by Gasteiger charge is -2.29. The quantitative estimate of drug-likeness (QED) is 0.726. The van der Waals surface area contributed by atoms with Crippen LogP contribution < -0.4 is 10.2 Å². The summed E-state index contributed by atoms with van der Waals surface area (Å²) in [7, 11) is -3.53. The predicted octanol–water partition coefficient (Wildman–Crippen LogP) is 2.78. The third-order valence-corrected chi connectivity index (χ3v) is 8.25. The highest BCUT2D eigenvalue weighted by molar-refractivity contribution is 7.89. The van der Waals surface area contributed by atoms with Crippen LogP contribution in [-0.2, 0) is 26.2 Å². The van der Waals surface area contributed by atoms with Crippen molar-refractivity contribution in [2.45, 2.75) is 37.6 Å². The fraction of sp³-hybridized carbons (Fsp3) is 0.417. The molecule has 0 saturated carbocycles. The van der Waals surface area contributed by atoms with Gasteiger partial charge in [0.05, 0.1) is 10.8 Å². The first kappa shape index (κ1) is 22.5. The van der Waals surface area contributed by atoms with Gasteiger partial charge in [-0.25, -0.2) is 8.42 Å². The minimum atomic E-state index is -3.53. The summed E-state index contributed by atoms with van der Waals surface area (Å²) in [6, 6.07) is 16.0. The smallest absolute Gasteiger partial charge is 0.243 e. The highest BCUT2D eigenvalue weighted by Gasteiger charge is 2.35. The molecule has 2 saturated heterocycles. The molecule has 0 unspecified atom stereocenters. The molecule has 2 aliphatic heterocycles. The molecule has 0 bridgehead atoms. The third-order valence-electron chi connectivity index (χ3n) is 6.33. The van der Waals surface area contributed by atoms with Crippen molar-refractivity contribution >= 4 is 27.5 Å². The Morgan fingerprint density at radius 2 is 1.69 bits per heavy atom. The number of anilines is 1. The van der Waals surface area contributed by atoms with Crippen molar-refractivity contribution in [2.24, 2.45) is 11.8 Å².